The summed E-state index contributed by atoms with van der Waals surface area (Å²) in [4.78, 5) is 25.5. The molecule has 152 valence electrons. The van der Waals surface area contributed by atoms with Crippen LogP contribution in [-0.4, -0.2) is 41.9 Å². The Balaban J connectivity index is 2.66. The molecule has 5 heteroatoms. The zero-order valence-corrected chi connectivity index (χ0v) is 17.5. The van der Waals surface area contributed by atoms with Gasteiger partial charge in [-0.3, -0.25) is 4.79 Å². The average molecular weight is 370 g/mol. The summed E-state index contributed by atoms with van der Waals surface area (Å²) in [5, 5.41) is 0. The van der Waals surface area contributed by atoms with Gasteiger partial charge in [-0.25, -0.2) is 9.78 Å². The molecule has 1 heterocycles. The Labute approximate surface area is 160 Å². The molecule has 26 heavy (non-hydrogen) atoms. The van der Waals surface area contributed by atoms with E-state index in [0.717, 1.165) is 38.5 Å². The summed E-state index contributed by atoms with van der Waals surface area (Å²) in [7, 11) is 0. The van der Waals surface area contributed by atoms with Gasteiger partial charge in [-0.05, 0) is 39.7 Å². The van der Waals surface area contributed by atoms with E-state index in [9.17, 15) is 4.79 Å². The maximum Gasteiger partial charge on any atom is 0.246 e. The second-order valence-corrected chi connectivity index (χ2v) is 7.44. The topological polar surface area (TPSA) is 48.0 Å². The SMILES string of the molecule is CCCCCC1(CCCCC)OCC(C)(/C=C/C(=O)N(CC)CC)OO1. The molecule has 0 N–H and O–H groups in total. The van der Waals surface area contributed by atoms with Crippen LogP contribution in [0.1, 0.15) is 86.0 Å². The van der Waals surface area contributed by atoms with Crippen LogP contribution in [0.5, 0.6) is 0 Å². The van der Waals surface area contributed by atoms with Crippen LogP contribution in [-0.2, 0) is 19.3 Å². The van der Waals surface area contributed by atoms with Crippen LogP contribution in [0.25, 0.3) is 0 Å². The van der Waals surface area contributed by atoms with Gasteiger partial charge in [0.15, 0.2) is 0 Å². The number of hydrogen-bond donors (Lipinski definition) is 0. The van der Waals surface area contributed by atoms with Crippen LogP contribution >= 0.6 is 0 Å². The minimum Gasteiger partial charge on any atom is -0.344 e. The van der Waals surface area contributed by atoms with Crippen molar-refractivity contribution in [3.63, 3.8) is 0 Å². The van der Waals surface area contributed by atoms with Gasteiger partial charge in [-0.15, -0.1) is 0 Å². The molecular formula is C21H39NO4. The summed E-state index contributed by atoms with van der Waals surface area (Å²) >= 11 is 0. The highest BCUT2D eigenvalue weighted by Gasteiger charge is 2.42. The summed E-state index contributed by atoms with van der Waals surface area (Å²) in [5.41, 5.74) is -0.734. The van der Waals surface area contributed by atoms with Crippen molar-refractivity contribution in [2.45, 2.75) is 97.4 Å². The fourth-order valence-corrected chi connectivity index (χ4v) is 3.10. The van der Waals surface area contributed by atoms with Gasteiger partial charge in [0.2, 0.25) is 11.7 Å². The maximum atomic E-state index is 12.2. The van der Waals surface area contributed by atoms with E-state index in [1.807, 2.05) is 20.8 Å². The fraction of sp³-hybridized carbons (Fsp3) is 0.857. The molecule has 1 fully saturated rings. The first kappa shape index (κ1) is 23.1. The molecule has 1 rings (SSSR count). The number of nitrogens with zero attached hydrogens (tertiary/aromatic N) is 1. The van der Waals surface area contributed by atoms with Crippen LogP contribution in [0.3, 0.4) is 0 Å². The largest absolute Gasteiger partial charge is 0.344 e. The highest BCUT2D eigenvalue weighted by atomic mass is 17.2. The summed E-state index contributed by atoms with van der Waals surface area (Å²) < 4.78 is 6.20. The van der Waals surface area contributed by atoms with E-state index in [1.54, 1.807) is 17.1 Å². The Morgan fingerprint density at radius 3 is 1.96 bits per heavy atom. The van der Waals surface area contributed by atoms with Crippen molar-refractivity contribution in [1.82, 2.24) is 4.90 Å². The molecule has 5 nitrogen and oxygen atoms in total. The number of rotatable bonds is 12. The Morgan fingerprint density at radius 1 is 0.962 bits per heavy atom. The number of likely N-dealkylation sites (N-methyl/N-ethyl adjacent to an activating group) is 1. The van der Waals surface area contributed by atoms with Gasteiger partial charge in [0.25, 0.3) is 0 Å². The minimum atomic E-state index is -0.734. The molecule has 1 saturated heterocycles. The van der Waals surface area contributed by atoms with Crippen molar-refractivity contribution in [3.05, 3.63) is 12.2 Å². The Bertz CT molecular complexity index is 412. The molecule has 0 aliphatic carbocycles. The fourth-order valence-electron chi connectivity index (χ4n) is 3.10. The van der Waals surface area contributed by atoms with Crippen LogP contribution in [0.4, 0.5) is 0 Å². The van der Waals surface area contributed by atoms with Crippen molar-refractivity contribution in [2.24, 2.45) is 0 Å². The van der Waals surface area contributed by atoms with Crippen LogP contribution in [0.15, 0.2) is 12.2 Å². The molecule has 1 aliphatic rings. The summed E-state index contributed by atoms with van der Waals surface area (Å²) in [6.07, 6.45) is 11.8. The summed E-state index contributed by atoms with van der Waals surface area (Å²) in [6.45, 7) is 12.0. The number of ether oxygens (including phenoxy) is 1. The Kier molecular flexibility index (Phi) is 10.4. The molecule has 0 aromatic heterocycles. The molecule has 1 aliphatic heterocycles. The highest BCUT2D eigenvalue weighted by Crippen LogP contribution is 2.35. The normalized spacial score (nSPS) is 22.7. The summed E-state index contributed by atoms with van der Waals surface area (Å²) in [6, 6.07) is 0. The van der Waals surface area contributed by atoms with Crippen molar-refractivity contribution < 1.29 is 19.3 Å². The van der Waals surface area contributed by atoms with Crippen molar-refractivity contribution in [3.8, 4) is 0 Å². The molecule has 1 unspecified atom stereocenters. The van der Waals surface area contributed by atoms with Crippen LogP contribution in [0.2, 0.25) is 0 Å². The first-order valence-electron chi connectivity index (χ1n) is 10.4. The lowest BCUT2D eigenvalue weighted by molar-refractivity contribution is -0.503. The molecule has 0 spiro atoms. The molecule has 1 atom stereocenters. The van der Waals surface area contributed by atoms with E-state index in [0.29, 0.717) is 19.7 Å². The van der Waals surface area contributed by atoms with E-state index in [4.69, 9.17) is 14.5 Å². The smallest absolute Gasteiger partial charge is 0.246 e. The van der Waals surface area contributed by atoms with E-state index in [1.165, 1.54) is 12.8 Å². The van der Waals surface area contributed by atoms with Crippen molar-refractivity contribution in [1.29, 1.82) is 0 Å². The number of carbonyl (C=O) groups excluding carboxylic acids is 1. The van der Waals surface area contributed by atoms with E-state index in [2.05, 4.69) is 13.8 Å². The van der Waals surface area contributed by atoms with Crippen molar-refractivity contribution >= 4 is 5.91 Å². The van der Waals surface area contributed by atoms with Gasteiger partial charge in [0.1, 0.15) is 5.60 Å². The number of carbonyl (C=O) groups is 1. The molecular weight excluding hydrogens is 330 g/mol. The molecule has 0 radical (unpaired) electrons. The lowest BCUT2D eigenvalue weighted by Crippen LogP contribution is -2.50. The zero-order chi connectivity index (χ0) is 19.5. The van der Waals surface area contributed by atoms with Gasteiger partial charge in [-0.1, -0.05) is 39.5 Å². The van der Waals surface area contributed by atoms with Gasteiger partial charge in [0, 0.05) is 32.0 Å². The van der Waals surface area contributed by atoms with Crippen LogP contribution < -0.4 is 0 Å². The Morgan fingerprint density at radius 2 is 1.54 bits per heavy atom. The lowest BCUT2D eigenvalue weighted by atomic mass is 9.99. The molecule has 0 bridgehead atoms. The third-order valence-electron chi connectivity index (χ3n) is 4.98. The molecule has 0 aromatic carbocycles. The number of hydrogen-bond acceptors (Lipinski definition) is 4. The number of amides is 1. The van der Waals surface area contributed by atoms with E-state index in [-0.39, 0.29) is 5.91 Å². The molecule has 1 amide bonds. The van der Waals surface area contributed by atoms with E-state index < -0.39 is 11.4 Å². The Hall–Kier alpha value is -0.910. The first-order valence-corrected chi connectivity index (χ1v) is 10.4. The third-order valence-corrected chi connectivity index (χ3v) is 4.98. The van der Waals surface area contributed by atoms with E-state index >= 15 is 0 Å². The minimum absolute atomic E-state index is 0.0115. The number of unbranched alkanes of at least 4 members (excludes halogenated alkanes) is 4. The molecule has 0 saturated carbocycles. The average Bonchev–Trinajstić information content (AvgIpc) is 2.64. The highest BCUT2D eigenvalue weighted by molar-refractivity contribution is 5.87. The summed E-state index contributed by atoms with van der Waals surface area (Å²) in [5.74, 6) is -0.650. The monoisotopic (exact) mass is 369 g/mol. The second-order valence-electron chi connectivity index (χ2n) is 7.44. The lowest BCUT2D eigenvalue weighted by Gasteiger charge is -2.42. The standard InChI is InChI=1S/C21H39NO4/c1-6-10-12-15-21(16-13-11-7-2)24-18-20(5,25-26-21)17-14-19(23)22(8-3)9-4/h14,17H,6-13,15-16,18H2,1-5H3/b17-14+. The van der Waals surface area contributed by atoms with Crippen LogP contribution in [0, 0.1) is 0 Å². The quantitative estimate of drug-likeness (QED) is 0.276. The first-order chi connectivity index (χ1) is 12.4. The van der Waals surface area contributed by atoms with Gasteiger partial charge in [-0.2, -0.15) is 0 Å². The zero-order valence-electron chi connectivity index (χ0n) is 17.5. The molecule has 0 aromatic rings. The predicted molar refractivity (Wildman–Crippen MR) is 105 cm³/mol. The van der Waals surface area contributed by atoms with Crippen molar-refractivity contribution in [2.75, 3.05) is 19.7 Å². The van der Waals surface area contributed by atoms with Gasteiger partial charge in [0.05, 0.1) is 6.61 Å². The van der Waals surface area contributed by atoms with Gasteiger partial charge >= 0.3 is 0 Å². The third kappa shape index (κ3) is 7.37. The van der Waals surface area contributed by atoms with Gasteiger partial charge < -0.3 is 9.64 Å². The second kappa shape index (κ2) is 11.7. The predicted octanol–water partition coefficient (Wildman–Crippen LogP) is 5.01. The maximum absolute atomic E-state index is 12.2.